The van der Waals surface area contributed by atoms with E-state index in [0.717, 1.165) is 13.0 Å². The van der Waals surface area contributed by atoms with E-state index >= 15 is 0 Å². The van der Waals surface area contributed by atoms with Crippen LogP contribution in [0.2, 0.25) is 0 Å². The number of nitrogens with zero attached hydrogens (tertiary/aromatic N) is 1. The summed E-state index contributed by atoms with van der Waals surface area (Å²) in [7, 11) is 0. The van der Waals surface area contributed by atoms with E-state index in [1.807, 2.05) is 36.3 Å². The van der Waals surface area contributed by atoms with Crippen LogP contribution in [0.4, 0.5) is 0 Å². The van der Waals surface area contributed by atoms with Gasteiger partial charge in [0.25, 0.3) is 0 Å². The Morgan fingerprint density at radius 2 is 1.95 bits per heavy atom. The van der Waals surface area contributed by atoms with Crippen molar-refractivity contribution in [3.63, 3.8) is 0 Å². The van der Waals surface area contributed by atoms with Gasteiger partial charge in [-0.3, -0.25) is 4.79 Å². The highest BCUT2D eigenvalue weighted by Gasteiger charge is 2.18. The van der Waals surface area contributed by atoms with Gasteiger partial charge < -0.3 is 10.6 Å². The maximum absolute atomic E-state index is 12.1. The highest BCUT2D eigenvalue weighted by molar-refractivity contribution is 7.99. The molecule has 0 aromatic heterocycles. The molecule has 1 rings (SSSR count). The summed E-state index contributed by atoms with van der Waals surface area (Å²) in [5, 5.41) is 0.00678. The van der Waals surface area contributed by atoms with Crippen LogP contribution in [0, 0.1) is 0 Å². The van der Waals surface area contributed by atoms with Gasteiger partial charge in [-0.2, -0.15) is 11.8 Å². The van der Waals surface area contributed by atoms with Crippen molar-refractivity contribution in [1.29, 1.82) is 0 Å². The predicted molar refractivity (Wildman–Crippen MR) is 86.0 cm³/mol. The lowest BCUT2D eigenvalue weighted by Gasteiger charge is -2.24. The van der Waals surface area contributed by atoms with Gasteiger partial charge in [-0.25, -0.2) is 0 Å². The van der Waals surface area contributed by atoms with Gasteiger partial charge in [-0.15, -0.1) is 12.4 Å². The molecule has 5 heteroatoms. The van der Waals surface area contributed by atoms with Crippen LogP contribution in [-0.4, -0.2) is 41.9 Å². The van der Waals surface area contributed by atoms with Crippen LogP contribution in [-0.2, 0) is 11.2 Å². The van der Waals surface area contributed by atoms with Crippen LogP contribution in [0.25, 0.3) is 0 Å². The molecule has 1 atom stereocenters. The molecule has 0 aliphatic carbocycles. The number of halogens is 1. The lowest BCUT2D eigenvalue weighted by molar-refractivity contribution is -0.130. The first-order valence-electron chi connectivity index (χ1n) is 6.24. The molecule has 0 radical (unpaired) electrons. The topological polar surface area (TPSA) is 46.3 Å². The molecule has 0 saturated heterocycles. The molecule has 1 unspecified atom stereocenters. The first kappa shape index (κ1) is 18.3. The third-order valence-corrected chi connectivity index (χ3v) is 3.83. The standard InChI is InChI=1S/C14H22N2OS.ClH/c1-12(18-2)14(17)16(11-9-15)10-8-13-6-4-3-5-7-13;/h3-7,12H,8-11,15H2,1-2H3;1H. The number of nitrogens with two attached hydrogens (primary N) is 1. The van der Waals surface area contributed by atoms with E-state index in [1.54, 1.807) is 11.8 Å². The molecule has 3 nitrogen and oxygen atoms in total. The Bertz CT molecular complexity index is 362. The van der Waals surface area contributed by atoms with Crippen molar-refractivity contribution < 1.29 is 4.79 Å². The summed E-state index contributed by atoms with van der Waals surface area (Å²) in [6.45, 7) is 3.84. The fourth-order valence-corrected chi connectivity index (χ4v) is 2.11. The van der Waals surface area contributed by atoms with Crippen molar-refractivity contribution in [2.75, 3.05) is 25.9 Å². The lowest BCUT2D eigenvalue weighted by Crippen LogP contribution is -2.41. The van der Waals surface area contributed by atoms with Crippen LogP contribution in [0.15, 0.2) is 30.3 Å². The van der Waals surface area contributed by atoms with Crippen LogP contribution in [0.5, 0.6) is 0 Å². The summed E-state index contributed by atoms with van der Waals surface area (Å²) in [4.78, 5) is 14.0. The van der Waals surface area contributed by atoms with Gasteiger partial charge in [-0.1, -0.05) is 30.3 Å². The fourth-order valence-electron chi connectivity index (χ4n) is 1.75. The second-order valence-corrected chi connectivity index (χ2v) is 5.41. The normalized spacial score (nSPS) is 11.5. The third-order valence-electron chi connectivity index (χ3n) is 2.93. The summed E-state index contributed by atoms with van der Waals surface area (Å²) >= 11 is 1.58. The molecular formula is C14H23ClN2OS. The van der Waals surface area contributed by atoms with Crippen molar-refractivity contribution in [3.05, 3.63) is 35.9 Å². The maximum Gasteiger partial charge on any atom is 0.235 e. The summed E-state index contributed by atoms with van der Waals surface area (Å²) in [5.41, 5.74) is 6.83. The van der Waals surface area contributed by atoms with Crippen LogP contribution >= 0.6 is 24.2 Å². The van der Waals surface area contributed by atoms with Gasteiger partial charge in [0.15, 0.2) is 0 Å². The van der Waals surface area contributed by atoms with E-state index < -0.39 is 0 Å². The Morgan fingerprint density at radius 3 is 2.47 bits per heavy atom. The molecular weight excluding hydrogens is 280 g/mol. The van der Waals surface area contributed by atoms with E-state index in [4.69, 9.17) is 5.73 Å². The monoisotopic (exact) mass is 302 g/mol. The molecule has 0 spiro atoms. The van der Waals surface area contributed by atoms with Crippen LogP contribution in [0.3, 0.4) is 0 Å². The molecule has 0 aliphatic rings. The zero-order valence-corrected chi connectivity index (χ0v) is 13.2. The van der Waals surface area contributed by atoms with Crippen molar-refractivity contribution in [2.24, 2.45) is 5.73 Å². The van der Waals surface area contributed by atoms with Gasteiger partial charge in [0.2, 0.25) is 5.91 Å². The van der Waals surface area contributed by atoms with Crippen molar-refractivity contribution >= 4 is 30.1 Å². The van der Waals surface area contributed by atoms with Crippen molar-refractivity contribution in [2.45, 2.75) is 18.6 Å². The van der Waals surface area contributed by atoms with E-state index in [0.29, 0.717) is 13.1 Å². The minimum absolute atomic E-state index is 0. The number of carbonyl (C=O) groups is 1. The number of thioether (sulfide) groups is 1. The molecule has 2 N–H and O–H groups in total. The maximum atomic E-state index is 12.1. The number of hydrogen-bond donors (Lipinski definition) is 1. The Kier molecular flexibility index (Phi) is 9.74. The fraction of sp³-hybridized carbons (Fsp3) is 0.500. The average molecular weight is 303 g/mol. The molecule has 0 fully saturated rings. The number of carbonyl (C=O) groups excluding carboxylic acids is 1. The van der Waals surface area contributed by atoms with Crippen molar-refractivity contribution in [1.82, 2.24) is 4.90 Å². The van der Waals surface area contributed by atoms with E-state index in [1.165, 1.54) is 5.56 Å². The number of hydrogen-bond acceptors (Lipinski definition) is 3. The van der Waals surface area contributed by atoms with Gasteiger partial charge in [-0.05, 0) is 25.2 Å². The molecule has 108 valence electrons. The number of rotatable bonds is 7. The van der Waals surface area contributed by atoms with Gasteiger partial charge >= 0.3 is 0 Å². The van der Waals surface area contributed by atoms with Crippen molar-refractivity contribution in [3.8, 4) is 0 Å². The van der Waals surface area contributed by atoms with Gasteiger partial charge in [0.1, 0.15) is 0 Å². The Labute approximate surface area is 126 Å². The average Bonchev–Trinajstić information content (AvgIpc) is 2.43. The summed E-state index contributed by atoms with van der Waals surface area (Å²) < 4.78 is 0. The Balaban J connectivity index is 0.00000324. The molecule has 0 saturated carbocycles. The zero-order chi connectivity index (χ0) is 13.4. The highest BCUT2D eigenvalue weighted by Crippen LogP contribution is 2.10. The minimum Gasteiger partial charge on any atom is -0.340 e. The minimum atomic E-state index is 0. The molecule has 1 amide bonds. The number of benzene rings is 1. The molecule has 0 heterocycles. The molecule has 1 aromatic carbocycles. The Morgan fingerprint density at radius 1 is 1.32 bits per heavy atom. The largest absolute Gasteiger partial charge is 0.340 e. The zero-order valence-electron chi connectivity index (χ0n) is 11.5. The predicted octanol–water partition coefficient (Wildman–Crippen LogP) is 2.19. The van der Waals surface area contributed by atoms with Crippen LogP contribution in [0.1, 0.15) is 12.5 Å². The van der Waals surface area contributed by atoms with E-state index in [9.17, 15) is 4.79 Å². The molecule has 1 aromatic rings. The van der Waals surface area contributed by atoms with E-state index in [-0.39, 0.29) is 23.6 Å². The molecule has 0 bridgehead atoms. The lowest BCUT2D eigenvalue weighted by atomic mass is 10.1. The second kappa shape index (κ2) is 10.1. The summed E-state index contributed by atoms with van der Waals surface area (Å²) in [6.07, 6.45) is 2.84. The van der Waals surface area contributed by atoms with Gasteiger partial charge in [0.05, 0.1) is 5.25 Å². The third kappa shape index (κ3) is 6.32. The molecule has 19 heavy (non-hydrogen) atoms. The second-order valence-electron chi connectivity index (χ2n) is 4.23. The van der Waals surface area contributed by atoms with Crippen LogP contribution < -0.4 is 5.73 Å². The highest BCUT2D eigenvalue weighted by atomic mass is 35.5. The first-order chi connectivity index (χ1) is 8.69. The molecule has 0 aliphatic heterocycles. The number of amides is 1. The van der Waals surface area contributed by atoms with E-state index in [2.05, 4.69) is 12.1 Å². The summed E-state index contributed by atoms with van der Waals surface area (Å²) in [6, 6.07) is 10.2. The Hall–Kier alpha value is -0.710. The van der Waals surface area contributed by atoms with Gasteiger partial charge in [0, 0.05) is 19.6 Å². The smallest absolute Gasteiger partial charge is 0.235 e. The SMILES string of the molecule is CSC(C)C(=O)N(CCN)CCc1ccccc1.Cl. The first-order valence-corrected chi connectivity index (χ1v) is 7.53. The quantitative estimate of drug-likeness (QED) is 0.840. The summed E-state index contributed by atoms with van der Waals surface area (Å²) in [5.74, 6) is 0.184.